The van der Waals surface area contributed by atoms with Gasteiger partial charge in [-0.15, -0.1) is 0 Å². The summed E-state index contributed by atoms with van der Waals surface area (Å²) in [5.41, 5.74) is 2.67. The second kappa shape index (κ2) is 3.66. The minimum Gasteiger partial charge on any atom is -0.334 e. The molecular formula is C18H21NO. The molecule has 2 nitrogen and oxygen atoms in total. The lowest BCUT2D eigenvalue weighted by atomic mass is 9.75. The fourth-order valence-corrected chi connectivity index (χ4v) is 6.05. The number of carbonyl (C=O) groups is 1. The lowest BCUT2D eigenvalue weighted by Gasteiger charge is -2.36. The van der Waals surface area contributed by atoms with Crippen molar-refractivity contribution in [3.05, 3.63) is 35.4 Å². The zero-order chi connectivity index (χ0) is 13.3. The minimum absolute atomic E-state index is 0.279. The summed E-state index contributed by atoms with van der Waals surface area (Å²) in [5, 5.41) is 0. The van der Waals surface area contributed by atoms with Gasteiger partial charge in [-0.1, -0.05) is 18.2 Å². The van der Waals surface area contributed by atoms with Crippen molar-refractivity contribution in [1.29, 1.82) is 0 Å². The zero-order valence-corrected chi connectivity index (χ0v) is 11.8. The smallest absolute Gasteiger partial charge is 0.254 e. The lowest BCUT2D eigenvalue weighted by molar-refractivity contribution is 0.0623. The van der Waals surface area contributed by atoms with Crippen molar-refractivity contribution in [2.75, 3.05) is 6.54 Å². The van der Waals surface area contributed by atoms with Crippen molar-refractivity contribution in [3.63, 3.8) is 0 Å². The lowest BCUT2D eigenvalue weighted by Crippen LogP contribution is -2.39. The third-order valence-electron chi connectivity index (χ3n) is 6.56. The van der Waals surface area contributed by atoms with Crippen LogP contribution in [0.1, 0.15) is 48.0 Å². The van der Waals surface area contributed by atoms with Crippen LogP contribution >= 0.6 is 0 Å². The molecule has 0 N–H and O–H groups in total. The van der Waals surface area contributed by atoms with E-state index >= 15 is 0 Å². The number of rotatable bonds is 2. The number of amides is 1. The van der Waals surface area contributed by atoms with E-state index < -0.39 is 0 Å². The quantitative estimate of drug-likeness (QED) is 0.803. The van der Waals surface area contributed by atoms with E-state index in [2.05, 4.69) is 17.0 Å². The first-order chi connectivity index (χ1) is 9.73. The molecule has 6 rings (SSSR count). The van der Waals surface area contributed by atoms with Crippen molar-refractivity contribution in [2.24, 2.45) is 23.2 Å². The topological polar surface area (TPSA) is 20.3 Å². The van der Waals surface area contributed by atoms with Crippen LogP contribution in [0.25, 0.3) is 0 Å². The highest BCUT2D eigenvalue weighted by Crippen LogP contribution is 2.65. The van der Waals surface area contributed by atoms with E-state index in [1.807, 2.05) is 12.1 Å². The number of nitrogens with zero attached hydrogens (tertiary/aromatic N) is 1. The van der Waals surface area contributed by atoms with Crippen LogP contribution in [0.4, 0.5) is 0 Å². The first-order valence-electron chi connectivity index (χ1n) is 8.11. The van der Waals surface area contributed by atoms with Gasteiger partial charge in [0.15, 0.2) is 0 Å². The van der Waals surface area contributed by atoms with Gasteiger partial charge in [0.1, 0.15) is 0 Å². The predicted molar refractivity (Wildman–Crippen MR) is 77.2 cm³/mol. The number of fused-ring (bicyclic) bond motifs is 1. The highest BCUT2D eigenvalue weighted by molar-refractivity contribution is 5.98. The summed E-state index contributed by atoms with van der Waals surface area (Å²) in [4.78, 5) is 14.7. The van der Waals surface area contributed by atoms with Crippen molar-refractivity contribution in [1.82, 2.24) is 4.90 Å². The average molecular weight is 267 g/mol. The van der Waals surface area contributed by atoms with Crippen molar-refractivity contribution in [2.45, 2.75) is 38.6 Å². The second-order valence-electron chi connectivity index (χ2n) is 7.73. The van der Waals surface area contributed by atoms with Gasteiger partial charge in [-0.05, 0) is 66.9 Å². The summed E-state index contributed by atoms with van der Waals surface area (Å²) < 4.78 is 0. The number of hydrogen-bond acceptors (Lipinski definition) is 1. The molecule has 5 aliphatic rings. The molecule has 4 aliphatic carbocycles. The molecule has 20 heavy (non-hydrogen) atoms. The second-order valence-corrected chi connectivity index (χ2v) is 7.73. The molecule has 0 aromatic heterocycles. The molecule has 4 saturated carbocycles. The van der Waals surface area contributed by atoms with Crippen LogP contribution in [-0.4, -0.2) is 17.4 Å². The van der Waals surface area contributed by atoms with Crippen molar-refractivity contribution in [3.8, 4) is 0 Å². The van der Waals surface area contributed by atoms with Gasteiger partial charge in [-0.3, -0.25) is 4.79 Å². The molecule has 4 fully saturated rings. The largest absolute Gasteiger partial charge is 0.334 e. The summed E-state index contributed by atoms with van der Waals surface area (Å²) in [5.74, 6) is 3.16. The van der Waals surface area contributed by atoms with Crippen LogP contribution < -0.4 is 0 Å². The van der Waals surface area contributed by atoms with Crippen LogP contribution in [0.5, 0.6) is 0 Å². The number of benzene rings is 1. The molecule has 0 radical (unpaired) electrons. The fraction of sp³-hybridized carbons (Fsp3) is 0.611. The fourth-order valence-electron chi connectivity index (χ4n) is 6.05. The van der Waals surface area contributed by atoms with E-state index in [0.29, 0.717) is 5.41 Å². The molecule has 1 aromatic carbocycles. The van der Waals surface area contributed by atoms with Crippen LogP contribution in [-0.2, 0) is 6.54 Å². The molecule has 104 valence electrons. The molecule has 2 atom stereocenters. The summed E-state index contributed by atoms with van der Waals surface area (Å²) >= 11 is 0. The van der Waals surface area contributed by atoms with Crippen LogP contribution in [0.15, 0.2) is 24.3 Å². The molecule has 1 aliphatic heterocycles. The van der Waals surface area contributed by atoms with Gasteiger partial charge in [-0.2, -0.15) is 0 Å². The Morgan fingerprint density at radius 2 is 1.85 bits per heavy atom. The summed E-state index contributed by atoms with van der Waals surface area (Å²) in [6.07, 6.45) is 7.17. The zero-order valence-electron chi connectivity index (χ0n) is 11.8. The summed E-state index contributed by atoms with van der Waals surface area (Å²) in [6.45, 7) is 1.87. The van der Waals surface area contributed by atoms with E-state index in [0.717, 1.165) is 36.4 Å². The third-order valence-corrected chi connectivity index (χ3v) is 6.56. The minimum atomic E-state index is 0.279. The highest BCUT2D eigenvalue weighted by atomic mass is 16.2. The summed E-state index contributed by atoms with van der Waals surface area (Å²) in [6, 6.07) is 8.15. The molecule has 1 amide bonds. The maximum atomic E-state index is 12.6. The Bertz CT molecular complexity index is 579. The van der Waals surface area contributed by atoms with Gasteiger partial charge in [0, 0.05) is 18.7 Å². The number of hydrogen-bond donors (Lipinski definition) is 0. The molecule has 0 saturated heterocycles. The van der Waals surface area contributed by atoms with Gasteiger partial charge >= 0.3 is 0 Å². The molecule has 1 heterocycles. The van der Waals surface area contributed by atoms with Gasteiger partial charge in [0.25, 0.3) is 5.91 Å². The number of carbonyl (C=O) groups excluding carboxylic acids is 1. The van der Waals surface area contributed by atoms with E-state index in [4.69, 9.17) is 0 Å². The first-order valence-corrected chi connectivity index (χ1v) is 8.11. The van der Waals surface area contributed by atoms with Crippen LogP contribution in [0, 0.1) is 23.2 Å². The Hall–Kier alpha value is -1.31. The standard InChI is InChI=1S/C18H21NO/c20-17-16-4-2-1-3-14(16)10-19(17)11-18-8-12-5-13(9-18)7-15(18)6-12/h1-4,12-13,15H,5-11H2. The van der Waals surface area contributed by atoms with E-state index in [-0.39, 0.29) is 5.91 Å². The van der Waals surface area contributed by atoms with Gasteiger partial charge in [-0.25, -0.2) is 0 Å². The van der Waals surface area contributed by atoms with E-state index in [1.165, 1.54) is 37.7 Å². The molecule has 1 aromatic rings. The Kier molecular flexibility index (Phi) is 2.08. The first kappa shape index (κ1) is 11.4. The molecule has 2 unspecified atom stereocenters. The molecular weight excluding hydrogens is 246 g/mol. The highest BCUT2D eigenvalue weighted by Gasteiger charge is 2.58. The maximum Gasteiger partial charge on any atom is 0.254 e. The van der Waals surface area contributed by atoms with E-state index in [9.17, 15) is 4.79 Å². The molecule has 0 spiro atoms. The predicted octanol–water partition coefficient (Wildman–Crippen LogP) is 3.47. The van der Waals surface area contributed by atoms with Crippen LogP contribution in [0.3, 0.4) is 0 Å². The molecule has 4 bridgehead atoms. The third kappa shape index (κ3) is 1.37. The molecule has 2 heteroatoms. The Labute approximate surface area is 120 Å². The maximum absolute atomic E-state index is 12.6. The van der Waals surface area contributed by atoms with Crippen LogP contribution in [0.2, 0.25) is 0 Å². The van der Waals surface area contributed by atoms with Gasteiger partial charge in [0.05, 0.1) is 0 Å². The van der Waals surface area contributed by atoms with Crippen molar-refractivity contribution >= 4 is 5.91 Å². The van der Waals surface area contributed by atoms with Gasteiger partial charge in [0.2, 0.25) is 0 Å². The van der Waals surface area contributed by atoms with Crippen molar-refractivity contribution < 1.29 is 4.79 Å². The Morgan fingerprint density at radius 3 is 2.60 bits per heavy atom. The Balaban J connectivity index is 1.43. The van der Waals surface area contributed by atoms with E-state index in [1.54, 1.807) is 0 Å². The Morgan fingerprint density at radius 1 is 1.10 bits per heavy atom. The normalized spacial score (nSPS) is 40.7. The SMILES string of the molecule is O=C1c2ccccc2CN1CC12CC3CC(CC1C3)C2. The monoisotopic (exact) mass is 267 g/mol. The summed E-state index contributed by atoms with van der Waals surface area (Å²) in [7, 11) is 0. The van der Waals surface area contributed by atoms with Gasteiger partial charge < -0.3 is 4.90 Å². The average Bonchev–Trinajstić information content (AvgIpc) is 2.96.